The standard InChI is InChI=1S/C16H29N3.C4H4O4/c1-5-19(6-2)14-10-11-15-13(12-14)8-7-9-16(15)17-18(3)4;5-3(6)1-2-4(7)8/h14H,5-12H2,1-4H3;1-2H,(H,5,6)(H,7,8). The molecule has 2 aliphatic rings. The summed E-state index contributed by atoms with van der Waals surface area (Å²) >= 11 is 0. The Morgan fingerprint density at radius 3 is 2.15 bits per heavy atom. The van der Waals surface area contributed by atoms with Gasteiger partial charge in [0, 0.05) is 32.3 Å². The van der Waals surface area contributed by atoms with Crippen molar-refractivity contribution >= 4 is 17.7 Å². The minimum atomic E-state index is -1.26. The molecule has 2 N–H and O–H groups in total. The molecule has 152 valence electrons. The van der Waals surface area contributed by atoms with E-state index in [1.54, 1.807) is 11.1 Å². The highest BCUT2D eigenvalue weighted by atomic mass is 16.4. The van der Waals surface area contributed by atoms with Crippen LogP contribution in [-0.2, 0) is 9.59 Å². The first-order chi connectivity index (χ1) is 12.8. The van der Waals surface area contributed by atoms with Crippen molar-refractivity contribution in [2.24, 2.45) is 5.10 Å². The Balaban J connectivity index is 0.000000387. The topological polar surface area (TPSA) is 93.4 Å². The second-order valence-corrected chi connectivity index (χ2v) is 6.96. The van der Waals surface area contributed by atoms with Crippen LogP contribution in [0.4, 0.5) is 0 Å². The number of rotatable bonds is 6. The summed E-state index contributed by atoms with van der Waals surface area (Å²) in [4.78, 5) is 21.7. The molecule has 0 saturated carbocycles. The summed E-state index contributed by atoms with van der Waals surface area (Å²) in [5, 5.41) is 22.3. The van der Waals surface area contributed by atoms with E-state index in [2.05, 4.69) is 18.7 Å². The monoisotopic (exact) mass is 379 g/mol. The molecule has 0 saturated heterocycles. The molecule has 0 heterocycles. The van der Waals surface area contributed by atoms with Gasteiger partial charge in [-0.2, -0.15) is 5.10 Å². The normalized spacial score (nSPS) is 21.1. The van der Waals surface area contributed by atoms with Crippen molar-refractivity contribution in [2.75, 3.05) is 27.2 Å². The number of nitrogens with zero attached hydrogens (tertiary/aromatic N) is 3. The molecule has 0 fully saturated rings. The van der Waals surface area contributed by atoms with E-state index >= 15 is 0 Å². The van der Waals surface area contributed by atoms with E-state index in [0.29, 0.717) is 12.2 Å². The first kappa shape index (κ1) is 22.9. The summed E-state index contributed by atoms with van der Waals surface area (Å²) in [5.74, 6) is -2.51. The third-order valence-corrected chi connectivity index (χ3v) is 4.89. The van der Waals surface area contributed by atoms with E-state index in [9.17, 15) is 9.59 Å². The highest BCUT2D eigenvalue weighted by Crippen LogP contribution is 2.36. The van der Waals surface area contributed by atoms with Gasteiger partial charge in [-0.15, -0.1) is 0 Å². The number of carboxylic acids is 2. The quantitative estimate of drug-likeness (QED) is 0.544. The second-order valence-electron chi connectivity index (χ2n) is 6.96. The van der Waals surface area contributed by atoms with Gasteiger partial charge in [-0.1, -0.05) is 19.4 Å². The van der Waals surface area contributed by atoms with Gasteiger partial charge in [-0.05, 0) is 57.2 Å². The zero-order valence-electron chi connectivity index (χ0n) is 16.9. The summed E-state index contributed by atoms with van der Waals surface area (Å²) in [5.41, 5.74) is 4.67. The van der Waals surface area contributed by atoms with Crippen LogP contribution in [0.2, 0.25) is 0 Å². The van der Waals surface area contributed by atoms with Gasteiger partial charge in [0.2, 0.25) is 0 Å². The van der Waals surface area contributed by atoms with Crippen molar-refractivity contribution in [1.82, 2.24) is 9.91 Å². The van der Waals surface area contributed by atoms with Gasteiger partial charge in [-0.3, -0.25) is 0 Å². The van der Waals surface area contributed by atoms with Crippen LogP contribution in [0, 0.1) is 0 Å². The van der Waals surface area contributed by atoms with Crippen LogP contribution in [-0.4, -0.2) is 71.0 Å². The smallest absolute Gasteiger partial charge is 0.328 e. The molecule has 2 rings (SSSR count). The minimum absolute atomic E-state index is 0.558. The Bertz CT molecular complexity index is 588. The first-order valence-electron chi connectivity index (χ1n) is 9.62. The average molecular weight is 380 g/mol. The number of aliphatic carboxylic acids is 2. The number of hydrogen-bond acceptors (Lipinski definition) is 5. The van der Waals surface area contributed by atoms with Gasteiger partial charge in [-0.25, -0.2) is 9.59 Å². The molecule has 0 aromatic heterocycles. The van der Waals surface area contributed by atoms with Gasteiger partial charge in [0.05, 0.1) is 5.71 Å². The lowest BCUT2D eigenvalue weighted by atomic mass is 9.78. The van der Waals surface area contributed by atoms with Gasteiger partial charge in [0.25, 0.3) is 0 Å². The molecule has 27 heavy (non-hydrogen) atoms. The van der Waals surface area contributed by atoms with E-state index in [4.69, 9.17) is 15.3 Å². The van der Waals surface area contributed by atoms with Gasteiger partial charge >= 0.3 is 11.9 Å². The predicted molar refractivity (Wildman–Crippen MR) is 107 cm³/mol. The van der Waals surface area contributed by atoms with Crippen molar-refractivity contribution in [3.63, 3.8) is 0 Å². The average Bonchev–Trinajstić information content (AvgIpc) is 2.61. The summed E-state index contributed by atoms with van der Waals surface area (Å²) < 4.78 is 0. The third-order valence-electron chi connectivity index (χ3n) is 4.89. The van der Waals surface area contributed by atoms with Gasteiger partial charge < -0.3 is 20.1 Å². The number of carboxylic acid groups (broad SMARTS) is 2. The van der Waals surface area contributed by atoms with Crippen LogP contribution in [0.3, 0.4) is 0 Å². The van der Waals surface area contributed by atoms with Gasteiger partial charge in [0.15, 0.2) is 0 Å². The number of hydrazone groups is 1. The molecule has 0 radical (unpaired) electrons. The van der Waals surface area contributed by atoms with Crippen LogP contribution in [0.15, 0.2) is 28.4 Å². The van der Waals surface area contributed by atoms with Crippen LogP contribution >= 0.6 is 0 Å². The molecule has 2 aliphatic carbocycles. The fraction of sp³-hybridized carbons (Fsp3) is 0.650. The lowest BCUT2D eigenvalue weighted by molar-refractivity contribution is -0.134. The molecule has 0 spiro atoms. The van der Waals surface area contributed by atoms with E-state index in [1.807, 2.05) is 19.1 Å². The van der Waals surface area contributed by atoms with Crippen molar-refractivity contribution in [2.45, 2.75) is 58.4 Å². The lowest BCUT2D eigenvalue weighted by Crippen LogP contribution is -2.38. The zero-order valence-corrected chi connectivity index (χ0v) is 16.9. The Kier molecular flexibility index (Phi) is 9.78. The van der Waals surface area contributed by atoms with E-state index in [1.165, 1.54) is 57.3 Å². The molecule has 1 unspecified atom stereocenters. The molecule has 1 atom stereocenters. The summed E-state index contributed by atoms with van der Waals surface area (Å²) in [7, 11) is 4.06. The van der Waals surface area contributed by atoms with Crippen molar-refractivity contribution < 1.29 is 19.8 Å². The zero-order chi connectivity index (χ0) is 20.4. The van der Waals surface area contributed by atoms with E-state index < -0.39 is 11.9 Å². The highest BCUT2D eigenvalue weighted by Gasteiger charge is 2.28. The maximum Gasteiger partial charge on any atom is 0.328 e. The molecule has 0 aromatic rings. The Morgan fingerprint density at radius 1 is 1.07 bits per heavy atom. The van der Waals surface area contributed by atoms with Crippen molar-refractivity contribution in [1.29, 1.82) is 0 Å². The largest absolute Gasteiger partial charge is 0.478 e. The fourth-order valence-corrected chi connectivity index (χ4v) is 3.76. The Labute approximate surface area is 162 Å². The molecule has 0 bridgehead atoms. The van der Waals surface area contributed by atoms with E-state index in [-0.39, 0.29) is 0 Å². The molecule has 0 amide bonds. The summed E-state index contributed by atoms with van der Waals surface area (Å²) in [6.45, 7) is 6.94. The van der Waals surface area contributed by atoms with E-state index in [0.717, 1.165) is 6.04 Å². The molecule has 7 nitrogen and oxygen atoms in total. The Morgan fingerprint density at radius 2 is 1.67 bits per heavy atom. The van der Waals surface area contributed by atoms with Crippen LogP contribution in [0.1, 0.15) is 52.4 Å². The van der Waals surface area contributed by atoms with Crippen molar-refractivity contribution in [3.05, 3.63) is 23.3 Å². The predicted octanol–water partition coefficient (Wildman–Crippen LogP) is 2.99. The molecule has 7 heteroatoms. The van der Waals surface area contributed by atoms with Crippen LogP contribution in [0.5, 0.6) is 0 Å². The molecule has 0 aliphatic heterocycles. The minimum Gasteiger partial charge on any atom is -0.478 e. The van der Waals surface area contributed by atoms with Crippen molar-refractivity contribution in [3.8, 4) is 0 Å². The maximum absolute atomic E-state index is 9.55. The van der Waals surface area contributed by atoms with Gasteiger partial charge in [0.1, 0.15) is 0 Å². The maximum atomic E-state index is 9.55. The third kappa shape index (κ3) is 7.95. The van der Waals surface area contributed by atoms with Crippen LogP contribution in [0.25, 0.3) is 0 Å². The first-order valence-corrected chi connectivity index (χ1v) is 9.62. The lowest BCUT2D eigenvalue weighted by Gasteiger charge is -2.37. The number of carbonyl (C=O) groups is 2. The Hall–Kier alpha value is -2.15. The second kappa shape index (κ2) is 11.5. The summed E-state index contributed by atoms with van der Waals surface area (Å²) in [6.07, 6.45) is 8.72. The number of allylic oxidation sites excluding steroid dienone is 1. The SMILES string of the molecule is CCN(CC)C1CCC2=C(CCCC2=NN(C)C)C1.O=C(O)C=CC(=O)O. The summed E-state index contributed by atoms with van der Waals surface area (Å²) in [6, 6.07) is 0.771. The fourth-order valence-electron chi connectivity index (χ4n) is 3.76. The molecule has 0 aromatic carbocycles. The molecular weight excluding hydrogens is 346 g/mol. The number of hydrogen-bond donors (Lipinski definition) is 2. The highest BCUT2D eigenvalue weighted by molar-refractivity contribution is 6.01. The van der Waals surface area contributed by atoms with Crippen LogP contribution < -0.4 is 0 Å². The molecular formula is C20H33N3O4.